The highest BCUT2D eigenvalue weighted by molar-refractivity contribution is 5.84. The van der Waals surface area contributed by atoms with E-state index in [2.05, 4.69) is 10.5 Å². The van der Waals surface area contributed by atoms with Crippen LogP contribution in [0.15, 0.2) is 53.6 Å². The minimum Gasteiger partial charge on any atom is -0.493 e. The predicted octanol–water partition coefficient (Wildman–Crippen LogP) is 3.44. The third-order valence-electron chi connectivity index (χ3n) is 2.67. The number of ether oxygens (including phenoxy) is 1. The van der Waals surface area contributed by atoms with Crippen molar-refractivity contribution in [3.05, 3.63) is 64.2 Å². The Kier molecular flexibility index (Phi) is 4.87. The predicted molar refractivity (Wildman–Crippen MR) is 81.9 cm³/mol. The highest BCUT2D eigenvalue weighted by Gasteiger charge is 2.04. The normalized spacial score (nSPS) is 10.5. The van der Waals surface area contributed by atoms with Crippen molar-refractivity contribution in [1.29, 1.82) is 0 Å². The number of hydrogen-bond acceptors (Lipinski definition) is 5. The van der Waals surface area contributed by atoms with Crippen LogP contribution < -0.4 is 10.2 Å². The van der Waals surface area contributed by atoms with Gasteiger partial charge in [-0.25, -0.2) is 0 Å². The van der Waals surface area contributed by atoms with E-state index in [0.29, 0.717) is 12.3 Å². The first-order valence-electron chi connectivity index (χ1n) is 6.46. The molecule has 0 spiro atoms. The second-order valence-electron chi connectivity index (χ2n) is 4.15. The number of rotatable bonds is 6. The molecule has 0 atom stereocenters. The Morgan fingerprint density at radius 2 is 2.10 bits per heavy atom. The maximum Gasteiger partial charge on any atom is 0.271 e. The van der Waals surface area contributed by atoms with Crippen molar-refractivity contribution in [2.75, 3.05) is 12.0 Å². The summed E-state index contributed by atoms with van der Waals surface area (Å²) < 4.78 is 5.48. The third-order valence-corrected chi connectivity index (χ3v) is 2.67. The van der Waals surface area contributed by atoms with Crippen LogP contribution in [0.4, 0.5) is 11.4 Å². The van der Waals surface area contributed by atoms with Gasteiger partial charge in [0.15, 0.2) is 0 Å². The number of benzene rings is 2. The first-order valence-corrected chi connectivity index (χ1v) is 6.46. The van der Waals surface area contributed by atoms with Crippen molar-refractivity contribution < 1.29 is 9.66 Å². The molecule has 1 N–H and O–H groups in total. The van der Waals surface area contributed by atoms with E-state index < -0.39 is 4.92 Å². The van der Waals surface area contributed by atoms with Crippen molar-refractivity contribution in [3.8, 4) is 5.75 Å². The SMILES string of the molecule is CCOc1ccccc1/C=N\Nc1cccc([N+](=O)[O-])c1. The molecule has 0 aromatic heterocycles. The van der Waals surface area contributed by atoms with Gasteiger partial charge in [-0.1, -0.05) is 18.2 Å². The van der Waals surface area contributed by atoms with E-state index in [1.54, 1.807) is 18.3 Å². The average Bonchev–Trinajstić information content (AvgIpc) is 2.49. The lowest BCUT2D eigenvalue weighted by Gasteiger charge is -2.06. The number of hydrogen-bond donors (Lipinski definition) is 1. The minimum atomic E-state index is -0.445. The molecule has 0 amide bonds. The molecule has 0 radical (unpaired) electrons. The summed E-state index contributed by atoms with van der Waals surface area (Å²) in [6.07, 6.45) is 1.61. The first kappa shape index (κ1) is 14.5. The number of para-hydroxylation sites is 1. The second-order valence-corrected chi connectivity index (χ2v) is 4.15. The summed E-state index contributed by atoms with van der Waals surface area (Å²) in [5, 5.41) is 14.8. The molecule has 0 aliphatic heterocycles. The molecule has 0 heterocycles. The lowest BCUT2D eigenvalue weighted by atomic mass is 10.2. The lowest BCUT2D eigenvalue weighted by molar-refractivity contribution is -0.384. The number of nitrogens with one attached hydrogen (secondary N) is 1. The minimum absolute atomic E-state index is 0.0184. The molecule has 0 saturated carbocycles. The Balaban J connectivity index is 2.09. The largest absolute Gasteiger partial charge is 0.493 e. The van der Waals surface area contributed by atoms with Crippen molar-refractivity contribution in [3.63, 3.8) is 0 Å². The molecule has 0 saturated heterocycles. The van der Waals surface area contributed by atoms with Crippen molar-refractivity contribution in [2.24, 2.45) is 5.10 Å². The smallest absolute Gasteiger partial charge is 0.271 e. The Morgan fingerprint density at radius 3 is 2.86 bits per heavy atom. The van der Waals surface area contributed by atoms with Gasteiger partial charge in [-0.05, 0) is 25.1 Å². The molecule has 6 nitrogen and oxygen atoms in total. The Morgan fingerprint density at radius 1 is 1.29 bits per heavy atom. The molecule has 2 aromatic carbocycles. The first-order chi connectivity index (χ1) is 10.2. The van der Waals surface area contributed by atoms with E-state index in [1.807, 2.05) is 31.2 Å². The van der Waals surface area contributed by atoms with Gasteiger partial charge in [0.25, 0.3) is 5.69 Å². The molecule has 0 bridgehead atoms. The van der Waals surface area contributed by atoms with Crippen molar-refractivity contribution in [2.45, 2.75) is 6.92 Å². The van der Waals surface area contributed by atoms with Gasteiger partial charge in [0.1, 0.15) is 5.75 Å². The van der Waals surface area contributed by atoms with Gasteiger partial charge in [0, 0.05) is 17.7 Å². The van der Waals surface area contributed by atoms with Crippen molar-refractivity contribution in [1.82, 2.24) is 0 Å². The van der Waals surface area contributed by atoms with Crippen LogP contribution in [0.2, 0.25) is 0 Å². The van der Waals surface area contributed by atoms with Gasteiger partial charge in [-0.3, -0.25) is 15.5 Å². The van der Waals surface area contributed by atoms with Crippen LogP contribution in [0, 0.1) is 10.1 Å². The monoisotopic (exact) mass is 285 g/mol. The quantitative estimate of drug-likeness (QED) is 0.501. The van der Waals surface area contributed by atoms with Crippen LogP contribution in [0.3, 0.4) is 0 Å². The zero-order valence-electron chi connectivity index (χ0n) is 11.5. The molecule has 21 heavy (non-hydrogen) atoms. The molecule has 2 rings (SSSR count). The number of non-ortho nitro benzene ring substituents is 1. The van der Waals surface area contributed by atoms with Gasteiger partial charge in [-0.2, -0.15) is 5.10 Å². The molecule has 6 heteroatoms. The van der Waals surface area contributed by atoms with Crippen molar-refractivity contribution >= 4 is 17.6 Å². The Bertz CT molecular complexity index is 656. The van der Waals surface area contributed by atoms with Gasteiger partial charge in [0.2, 0.25) is 0 Å². The van der Waals surface area contributed by atoms with Crippen LogP contribution in [-0.4, -0.2) is 17.7 Å². The van der Waals surface area contributed by atoms with Crippen LogP contribution in [-0.2, 0) is 0 Å². The van der Waals surface area contributed by atoms with Gasteiger partial charge < -0.3 is 4.74 Å². The van der Waals surface area contributed by atoms with E-state index in [9.17, 15) is 10.1 Å². The Hall–Kier alpha value is -2.89. The van der Waals surface area contributed by atoms with Crippen LogP contribution >= 0.6 is 0 Å². The summed E-state index contributed by atoms with van der Waals surface area (Å²) in [5.74, 6) is 0.740. The van der Waals surface area contributed by atoms with E-state index in [-0.39, 0.29) is 5.69 Å². The Labute approximate surface area is 122 Å². The van der Waals surface area contributed by atoms with E-state index in [4.69, 9.17) is 4.74 Å². The number of nitro groups is 1. The standard InChI is InChI=1S/C15H15N3O3/c1-2-21-15-9-4-3-6-12(15)11-16-17-13-7-5-8-14(10-13)18(19)20/h3-11,17H,2H2,1H3/b16-11-. The molecule has 0 aliphatic rings. The maximum absolute atomic E-state index is 10.7. The number of nitro benzene ring substituents is 1. The van der Waals surface area contributed by atoms with E-state index >= 15 is 0 Å². The molecule has 0 unspecified atom stereocenters. The molecular weight excluding hydrogens is 270 g/mol. The molecule has 108 valence electrons. The number of anilines is 1. The van der Waals surface area contributed by atoms with Crippen LogP contribution in [0.25, 0.3) is 0 Å². The lowest BCUT2D eigenvalue weighted by Crippen LogP contribution is -1.97. The summed E-state index contributed by atoms with van der Waals surface area (Å²) in [7, 11) is 0. The summed E-state index contributed by atoms with van der Waals surface area (Å²) in [6.45, 7) is 2.48. The van der Waals surface area contributed by atoms with Gasteiger partial charge in [-0.15, -0.1) is 0 Å². The van der Waals surface area contributed by atoms with E-state index in [1.165, 1.54) is 12.1 Å². The van der Waals surface area contributed by atoms with Crippen LogP contribution in [0.1, 0.15) is 12.5 Å². The molecule has 0 aliphatic carbocycles. The van der Waals surface area contributed by atoms with E-state index in [0.717, 1.165) is 11.3 Å². The number of nitrogens with zero attached hydrogens (tertiary/aromatic N) is 2. The summed E-state index contributed by atoms with van der Waals surface area (Å²) in [5.41, 5.74) is 4.17. The molecule has 2 aromatic rings. The molecule has 0 fully saturated rings. The van der Waals surface area contributed by atoms with Crippen LogP contribution in [0.5, 0.6) is 5.75 Å². The average molecular weight is 285 g/mol. The topological polar surface area (TPSA) is 76.8 Å². The fraction of sp³-hybridized carbons (Fsp3) is 0.133. The molecular formula is C15H15N3O3. The third kappa shape index (κ3) is 4.04. The number of hydrazone groups is 1. The fourth-order valence-corrected chi connectivity index (χ4v) is 1.74. The zero-order chi connectivity index (χ0) is 15.1. The maximum atomic E-state index is 10.7. The van der Waals surface area contributed by atoms with Gasteiger partial charge >= 0.3 is 0 Å². The highest BCUT2D eigenvalue weighted by atomic mass is 16.6. The highest BCUT2D eigenvalue weighted by Crippen LogP contribution is 2.18. The summed E-state index contributed by atoms with van der Waals surface area (Å²) in [4.78, 5) is 10.2. The summed E-state index contributed by atoms with van der Waals surface area (Å²) >= 11 is 0. The summed E-state index contributed by atoms with van der Waals surface area (Å²) in [6, 6.07) is 13.7. The fourth-order valence-electron chi connectivity index (χ4n) is 1.74. The van der Waals surface area contributed by atoms with Gasteiger partial charge in [0.05, 0.1) is 23.4 Å². The second kappa shape index (κ2) is 7.04. The zero-order valence-corrected chi connectivity index (χ0v) is 11.5.